The molecule has 2 rings (SSSR count). The van der Waals surface area contributed by atoms with Crippen LogP contribution in [0.3, 0.4) is 0 Å². The molecule has 0 aromatic carbocycles. The summed E-state index contributed by atoms with van der Waals surface area (Å²) in [6.07, 6.45) is 2.13. The number of rotatable bonds is 2. The Balaban J connectivity index is 2.10. The lowest BCUT2D eigenvalue weighted by Gasteiger charge is -2.21. The Morgan fingerprint density at radius 1 is 1.43 bits per heavy atom. The molecule has 1 aliphatic carbocycles. The van der Waals surface area contributed by atoms with Crippen LogP contribution in [0.2, 0.25) is 0 Å². The number of carboxylic acids is 1. The Hall–Kier alpha value is -0.610. The molecule has 1 heterocycles. The first-order valence-corrected chi connectivity index (χ1v) is 5.17. The largest absolute Gasteiger partial charge is 0.481 e. The van der Waals surface area contributed by atoms with Crippen molar-refractivity contribution in [2.75, 3.05) is 13.2 Å². The van der Waals surface area contributed by atoms with Crippen molar-refractivity contribution >= 4 is 5.97 Å². The summed E-state index contributed by atoms with van der Waals surface area (Å²) in [7, 11) is 0. The van der Waals surface area contributed by atoms with Crippen molar-refractivity contribution in [2.45, 2.75) is 32.0 Å². The van der Waals surface area contributed by atoms with Gasteiger partial charge >= 0.3 is 5.97 Å². The fourth-order valence-electron chi connectivity index (χ4n) is 2.58. The predicted octanol–water partition coefficient (Wildman–Crippen LogP) is 1.25. The SMILES string of the molecule is CCC1CC2(CC1C(=O)O)OCCO2. The minimum Gasteiger partial charge on any atom is -0.481 e. The van der Waals surface area contributed by atoms with Gasteiger partial charge in [-0.3, -0.25) is 4.79 Å². The Morgan fingerprint density at radius 3 is 2.50 bits per heavy atom. The normalized spacial score (nSPS) is 35.2. The van der Waals surface area contributed by atoms with E-state index in [4.69, 9.17) is 14.6 Å². The minimum absolute atomic E-state index is 0.200. The fraction of sp³-hybridized carbons (Fsp3) is 0.900. The van der Waals surface area contributed by atoms with Crippen molar-refractivity contribution in [1.82, 2.24) is 0 Å². The summed E-state index contributed by atoms with van der Waals surface area (Å²) in [6.45, 7) is 3.22. The van der Waals surface area contributed by atoms with E-state index in [1.54, 1.807) is 0 Å². The molecule has 1 spiro atoms. The van der Waals surface area contributed by atoms with Crippen LogP contribution in [-0.2, 0) is 14.3 Å². The van der Waals surface area contributed by atoms with Gasteiger partial charge < -0.3 is 14.6 Å². The van der Waals surface area contributed by atoms with Gasteiger partial charge in [0.15, 0.2) is 5.79 Å². The maximum atomic E-state index is 11.0. The quantitative estimate of drug-likeness (QED) is 0.728. The van der Waals surface area contributed by atoms with E-state index < -0.39 is 11.8 Å². The molecule has 0 amide bonds. The number of hydrogen-bond acceptors (Lipinski definition) is 3. The van der Waals surface area contributed by atoms with Gasteiger partial charge in [0.25, 0.3) is 0 Å². The summed E-state index contributed by atoms with van der Waals surface area (Å²) in [6, 6.07) is 0. The number of carboxylic acid groups (broad SMARTS) is 1. The second kappa shape index (κ2) is 3.51. The van der Waals surface area contributed by atoms with E-state index in [0.29, 0.717) is 19.6 Å². The summed E-state index contributed by atoms with van der Waals surface area (Å²) in [5, 5.41) is 9.05. The Labute approximate surface area is 83.2 Å². The van der Waals surface area contributed by atoms with E-state index in [2.05, 4.69) is 0 Å². The number of ether oxygens (including phenoxy) is 2. The van der Waals surface area contributed by atoms with E-state index in [1.807, 2.05) is 6.92 Å². The molecule has 0 radical (unpaired) electrons. The molecule has 0 aromatic rings. The predicted molar refractivity (Wildman–Crippen MR) is 48.8 cm³/mol. The first-order valence-electron chi connectivity index (χ1n) is 5.17. The van der Waals surface area contributed by atoms with Crippen molar-refractivity contribution in [1.29, 1.82) is 0 Å². The molecule has 1 saturated heterocycles. The highest BCUT2D eigenvalue weighted by Gasteiger charge is 2.51. The minimum atomic E-state index is -0.715. The van der Waals surface area contributed by atoms with Crippen LogP contribution in [0.5, 0.6) is 0 Å². The third-order valence-corrected chi connectivity index (χ3v) is 3.33. The Kier molecular flexibility index (Phi) is 2.49. The van der Waals surface area contributed by atoms with Crippen molar-refractivity contribution in [2.24, 2.45) is 11.8 Å². The smallest absolute Gasteiger partial charge is 0.306 e. The van der Waals surface area contributed by atoms with Crippen LogP contribution in [0.15, 0.2) is 0 Å². The van der Waals surface area contributed by atoms with Crippen molar-refractivity contribution < 1.29 is 19.4 Å². The summed E-state index contributed by atoms with van der Waals surface area (Å²) in [5.74, 6) is -1.37. The molecule has 4 heteroatoms. The third-order valence-electron chi connectivity index (χ3n) is 3.33. The van der Waals surface area contributed by atoms with Crippen LogP contribution in [0.25, 0.3) is 0 Å². The average Bonchev–Trinajstić information content (AvgIpc) is 2.74. The van der Waals surface area contributed by atoms with Crippen molar-refractivity contribution in [3.8, 4) is 0 Å². The number of aliphatic carboxylic acids is 1. The van der Waals surface area contributed by atoms with Gasteiger partial charge in [-0.2, -0.15) is 0 Å². The first kappa shape index (κ1) is 9.93. The summed E-state index contributed by atoms with van der Waals surface area (Å²) in [5.41, 5.74) is 0. The van der Waals surface area contributed by atoms with Gasteiger partial charge in [0.05, 0.1) is 19.1 Å². The number of carbonyl (C=O) groups is 1. The van der Waals surface area contributed by atoms with Gasteiger partial charge in [-0.1, -0.05) is 13.3 Å². The van der Waals surface area contributed by atoms with Crippen LogP contribution in [0.4, 0.5) is 0 Å². The average molecular weight is 200 g/mol. The second-order valence-corrected chi connectivity index (χ2v) is 4.13. The lowest BCUT2D eigenvalue weighted by Crippen LogP contribution is -2.27. The molecule has 80 valence electrons. The molecule has 0 bridgehead atoms. The summed E-state index contributed by atoms with van der Waals surface area (Å²) in [4.78, 5) is 11.0. The van der Waals surface area contributed by atoms with Gasteiger partial charge in [0.2, 0.25) is 0 Å². The van der Waals surface area contributed by atoms with Gasteiger partial charge in [-0.25, -0.2) is 0 Å². The highest BCUT2D eigenvalue weighted by Crippen LogP contribution is 2.45. The molecule has 2 fully saturated rings. The molecule has 2 atom stereocenters. The van der Waals surface area contributed by atoms with E-state index in [9.17, 15) is 4.79 Å². The molecule has 2 aliphatic rings. The summed E-state index contributed by atoms with van der Waals surface area (Å²) < 4.78 is 11.1. The van der Waals surface area contributed by atoms with Crippen LogP contribution in [0, 0.1) is 11.8 Å². The van der Waals surface area contributed by atoms with Gasteiger partial charge in [0, 0.05) is 12.8 Å². The van der Waals surface area contributed by atoms with E-state index in [0.717, 1.165) is 12.8 Å². The maximum absolute atomic E-state index is 11.0. The van der Waals surface area contributed by atoms with Crippen molar-refractivity contribution in [3.05, 3.63) is 0 Å². The topological polar surface area (TPSA) is 55.8 Å². The Morgan fingerprint density at radius 2 is 2.07 bits per heavy atom. The number of hydrogen-bond donors (Lipinski definition) is 1. The van der Waals surface area contributed by atoms with Crippen LogP contribution >= 0.6 is 0 Å². The summed E-state index contributed by atoms with van der Waals surface area (Å²) >= 11 is 0. The highest BCUT2D eigenvalue weighted by molar-refractivity contribution is 5.71. The van der Waals surface area contributed by atoms with Gasteiger partial charge in [0.1, 0.15) is 0 Å². The lowest BCUT2D eigenvalue weighted by atomic mass is 9.94. The molecule has 14 heavy (non-hydrogen) atoms. The van der Waals surface area contributed by atoms with Crippen LogP contribution < -0.4 is 0 Å². The standard InChI is InChI=1S/C10H16O4/c1-2-7-5-10(13-3-4-14-10)6-8(7)9(11)12/h7-8H,2-6H2,1H3,(H,11,12). The second-order valence-electron chi connectivity index (χ2n) is 4.13. The molecular weight excluding hydrogens is 184 g/mol. The van der Waals surface area contributed by atoms with Gasteiger partial charge in [-0.15, -0.1) is 0 Å². The van der Waals surface area contributed by atoms with E-state index >= 15 is 0 Å². The lowest BCUT2D eigenvalue weighted by molar-refractivity contribution is -0.160. The Bertz CT molecular complexity index is 232. The molecule has 2 unspecified atom stereocenters. The zero-order valence-electron chi connectivity index (χ0n) is 8.36. The van der Waals surface area contributed by atoms with E-state index in [-0.39, 0.29) is 11.8 Å². The molecule has 4 nitrogen and oxygen atoms in total. The van der Waals surface area contributed by atoms with Gasteiger partial charge in [-0.05, 0) is 5.92 Å². The molecule has 1 aliphatic heterocycles. The highest BCUT2D eigenvalue weighted by atomic mass is 16.7. The van der Waals surface area contributed by atoms with Crippen LogP contribution in [0.1, 0.15) is 26.2 Å². The molecule has 0 aromatic heterocycles. The maximum Gasteiger partial charge on any atom is 0.306 e. The zero-order chi connectivity index (χ0) is 10.2. The zero-order valence-corrected chi connectivity index (χ0v) is 8.36. The molecule has 1 N–H and O–H groups in total. The molecular formula is C10H16O4. The first-order chi connectivity index (χ1) is 6.67. The molecule has 1 saturated carbocycles. The van der Waals surface area contributed by atoms with E-state index in [1.165, 1.54) is 0 Å². The van der Waals surface area contributed by atoms with Crippen molar-refractivity contribution in [3.63, 3.8) is 0 Å². The van der Waals surface area contributed by atoms with Crippen LogP contribution in [-0.4, -0.2) is 30.1 Å². The third kappa shape index (κ3) is 1.53. The monoisotopic (exact) mass is 200 g/mol. The fourth-order valence-corrected chi connectivity index (χ4v) is 2.58.